The van der Waals surface area contributed by atoms with Crippen molar-refractivity contribution in [2.45, 2.75) is 46.6 Å². The van der Waals surface area contributed by atoms with E-state index in [2.05, 4.69) is 0 Å². The number of hydrogen-bond donors (Lipinski definition) is 0. The van der Waals surface area contributed by atoms with E-state index in [0.29, 0.717) is 12.8 Å². The molecule has 0 bridgehead atoms. The SMILES string of the molecule is CC(C)N1C(=O)CC(C)(C)CC1=O. The summed E-state index contributed by atoms with van der Waals surface area (Å²) in [5.74, 6) is -0.0625. The number of hydrogen-bond acceptors (Lipinski definition) is 2. The Labute approximate surface area is 79.1 Å². The predicted molar refractivity (Wildman–Crippen MR) is 50.0 cm³/mol. The van der Waals surface area contributed by atoms with Crippen molar-refractivity contribution < 1.29 is 9.59 Å². The molecule has 3 nitrogen and oxygen atoms in total. The maximum Gasteiger partial charge on any atom is 0.229 e. The lowest BCUT2D eigenvalue weighted by Crippen LogP contribution is -2.49. The second-order valence-electron chi connectivity index (χ2n) is 4.77. The van der Waals surface area contributed by atoms with Crippen LogP contribution in [-0.4, -0.2) is 22.8 Å². The van der Waals surface area contributed by atoms with Gasteiger partial charge in [-0.3, -0.25) is 14.5 Å². The molecule has 1 heterocycles. The van der Waals surface area contributed by atoms with Crippen LogP contribution in [0.25, 0.3) is 0 Å². The summed E-state index contributed by atoms with van der Waals surface area (Å²) in [4.78, 5) is 24.5. The lowest BCUT2D eigenvalue weighted by molar-refractivity contribution is -0.154. The first-order valence-corrected chi connectivity index (χ1v) is 4.68. The molecule has 3 heteroatoms. The molecule has 0 unspecified atom stereocenters. The van der Waals surface area contributed by atoms with Gasteiger partial charge in [0.05, 0.1) is 0 Å². The minimum absolute atomic E-state index is 0.00361. The van der Waals surface area contributed by atoms with E-state index < -0.39 is 0 Å². The average molecular weight is 183 g/mol. The van der Waals surface area contributed by atoms with Crippen LogP contribution in [0.4, 0.5) is 0 Å². The van der Waals surface area contributed by atoms with Crippen molar-refractivity contribution in [3.8, 4) is 0 Å². The van der Waals surface area contributed by atoms with Gasteiger partial charge in [-0.15, -0.1) is 0 Å². The molecule has 0 N–H and O–H groups in total. The van der Waals surface area contributed by atoms with Crippen molar-refractivity contribution in [2.24, 2.45) is 5.41 Å². The van der Waals surface area contributed by atoms with Crippen molar-refractivity contribution in [2.75, 3.05) is 0 Å². The lowest BCUT2D eigenvalue weighted by Gasteiger charge is -2.36. The molecule has 0 aromatic rings. The van der Waals surface area contributed by atoms with Gasteiger partial charge in [0.15, 0.2) is 0 Å². The second-order valence-corrected chi connectivity index (χ2v) is 4.77. The molecule has 0 saturated carbocycles. The highest BCUT2D eigenvalue weighted by molar-refractivity contribution is 5.98. The van der Waals surface area contributed by atoms with Gasteiger partial charge in [-0.05, 0) is 19.3 Å². The van der Waals surface area contributed by atoms with Crippen LogP contribution < -0.4 is 0 Å². The molecule has 2 amide bonds. The van der Waals surface area contributed by atoms with Crippen molar-refractivity contribution in [1.82, 2.24) is 4.90 Å². The van der Waals surface area contributed by atoms with Crippen LogP contribution in [0.1, 0.15) is 40.5 Å². The standard InChI is InChI=1S/C10H17NO2/c1-7(2)11-8(12)5-10(3,4)6-9(11)13/h7H,5-6H2,1-4H3. The zero-order valence-electron chi connectivity index (χ0n) is 8.76. The molecule has 1 rings (SSSR count). The van der Waals surface area contributed by atoms with E-state index in [1.165, 1.54) is 4.90 Å². The van der Waals surface area contributed by atoms with Gasteiger partial charge in [-0.2, -0.15) is 0 Å². The van der Waals surface area contributed by atoms with Crippen molar-refractivity contribution in [3.05, 3.63) is 0 Å². The molecule has 0 radical (unpaired) electrons. The van der Waals surface area contributed by atoms with Crippen LogP contribution in [0.15, 0.2) is 0 Å². The second kappa shape index (κ2) is 3.13. The fourth-order valence-electron chi connectivity index (χ4n) is 1.77. The number of amides is 2. The van der Waals surface area contributed by atoms with Gasteiger partial charge in [0.1, 0.15) is 0 Å². The molecule has 0 aromatic carbocycles. The first kappa shape index (κ1) is 10.2. The third-order valence-electron chi connectivity index (χ3n) is 2.31. The van der Waals surface area contributed by atoms with E-state index >= 15 is 0 Å². The number of carbonyl (C=O) groups excluding carboxylic acids is 2. The molecule has 74 valence electrons. The van der Waals surface area contributed by atoms with Gasteiger partial charge in [0.25, 0.3) is 0 Å². The monoisotopic (exact) mass is 183 g/mol. The summed E-state index contributed by atoms with van der Waals surface area (Å²) >= 11 is 0. The molecule has 0 atom stereocenters. The summed E-state index contributed by atoms with van der Waals surface area (Å²) in [5.41, 5.74) is -0.153. The maximum absolute atomic E-state index is 11.6. The van der Waals surface area contributed by atoms with Crippen molar-refractivity contribution >= 4 is 11.8 Å². The van der Waals surface area contributed by atoms with Crippen LogP contribution in [0.5, 0.6) is 0 Å². The van der Waals surface area contributed by atoms with Crippen LogP contribution in [0.3, 0.4) is 0 Å². The summed E-state index contributed by atoms with van der Waals surface area (Å²) in [5, 5.41) is 0. The van der Waals surface area contributed by atoms with Gasteiger partial charge < -0.3 is 0 Å². The third-order valence-corrected chi connectivity index (χ3v) is 2.31. The summed E-state index contributed by atoms with van der Waals surface area (Å²) < 4.78 is 0. The molecule has 1 saturated heterocycles. The zero-order valence-corrected chi connectivity index (χ0v) is 8.76. The Balaban J connectivity index is 2.83. The Morgan fingerprint density at radius 2 is 1.54 bits per heavy atom. The normalized spacial score (nSPS) is 22.7. The van der Waals surface area contributed by atoms with Crippen molar-refractivity contribution in [3.63, 3.8) is 0 Å². The number of carbonyl (C=O) groups is 2. The summed E-state index contributed by atoms with van der Waals surface area (Å²) in [6, 6.07) is -0.00361. The molecule has 1 fully saturated rings. The van der Waals surface area contributed by atoms with Crippen LogP contribution >= 0.6 is 0 Å². The Hall–Kier alpha value is -0.860. The van der Waals surface area contributed by atoms with Gasteiger partial charge in [0, 0.05) is 18.9 Å². The summed E-state index contributed by atoms with van der Waals surface area (Å²) in [6.07, 6.45) is 0.966. The minimum Gasteiger partial charge on any atom is -0.280 e. The Kier molecular flexibility index (Phi) is 2.46. The van der Waals surface area contributed by atoms with Gasteiger partial charge in [-0.25, -0.2) is 0 Å². The van der Waals surface area contributed by atoms with Gasteiger partial charge in [-0.1, -0.05) is 13.8 Å². The minimum atomic E-state index is -0.153. The fraction of sp³-hybridized carbons (Fsp3) is 0.800. The number of rotatable bonds is 1. The fourth-order valence-corrected chi connectivity index (χ4v) is 1.77. The number of imide groups is 1. The quantitative estimate of drug-likeness (QED) is 0.579. The number of likely N-dealkylation sites (tertiary alicyclic amines) is 1. The smallest absolute Gasteiger partial charge is 0.229 e. The van der Waals surface area contributed by atoms with Crippen LogP contribution in [0, 0.1) is 5.41 Å². The molecule has 1 aliphatic heterocycles. The first-order valence-electron chi connectivity index (χ1n) is 4.68. The van der Waals surface area contributed by atoms with Crippen LogP contribution in [0.2, 0.25) is 0 Å². The van der Waals surface area contributed by atoms with E-state index in [1.807, 2.05) is 27.7 Å². The lowest BCUT2D eigenvalue weighted by atomic mass is 9.81. The summed E-state index contributed by atoms with van der Waals surface area (Å²) in [7, 11) is 0. The predicted octanol–water partition coefficient (Wildman–Crippen LogP) is 1.57. The first-order chi connectivity index (χ1) is 5.83. The van der Waals surface area contributed by atoms with E-state index in [1.54, 1.807) is 0 Å². The highest BCUT2D eigenvalue weighted by atomic mass is 16.2. The molecule has 0 aromatic heterocycles. The number of nitrogens with zero attached hydrogens (tertiary/aromatic N) is 1. The van der Waals surface area contributed by atoms with E-state index in [0.717, 1.165) is 0 Å². The third kappa shape index (κ3) is 2.08. The largest absolute Gasteiger partial charge is 0.280 e. The van der Waals surface area contributed by atoms with Gasteiger partial charge >= 0.3 is 0 Å². The van der Waals surface area contributed by atoms with E-state index in [9.17, 15) is 9.59 Å². The average Bonchev–Trinajstić information content (AvgIpc) is 1.78. The molecule has 1 aliphatic rings. The maximum atomic E-state index is 11.6. The van der Waals surface area contributed by atoms with Crippen LogP contribution in [-0.2, 0) is 9.59 Å². The zero-order chi connectivity index (χ0) is 10.2. The summed E-state index contributed by atoms with van der Waals surface area (Å²) in [6.45, 7) is 7.66. The molecule has 0 spiro atoms. The molecule has 0 aliphatic carbocycles. The highest BCUT2D eigenvalue weighted by Crippen LogP contribution is 2.32. The van der Waals surface area contributed by atoms with Gasteiger partial charge in [0.2, 0.25) is 11.8 Å². The highest BCUT2D eigenvalue weighted by Gasteiger charge is 2.38. The molecular formula is C10H17NO2. The van der Waals surface area contributed by atoms with E-state index in [4.69, 9.17) is 0 Å². The Bertz CT molecular complexity index is 223. The molecule has 13 heavy (non-hydrogen) atoms. The van der Waals surface area contributed by atoms with Crippen molar-refractivity contribution in [1.29, 1.82) is 0 Å². The number of piperidine rings is 1. The topological polar surface area (TPSA) is 37.4 Å². The Morgan fingerprint density at radius 1 is 1.15 bits per heavy atom. The molecular weight excluding hydrogens is 166 g/mol. The Morgan fingerprint density at radius 3 is 1.85 bits per heavy atom. The van der Waals surface area contributed by atoms with E-state index in [-0.39, 0.29) is 23.3 Å².